The average Bonchev–Trinajstić information content (AvgIpc) is 1.96. The monoisotopic (exact) mass is 202 g/mol. The second-order valence-electron chi connectivity index (χ2n) is 1.60. The lowest BCUT2D eigenvalue weighted by molar-refractivity contribution is 1.24. The van der Waals surface area contributed by atoms with Gasteiger partial charge in [-0.3, -0.25) is 0 Å². The van der Waals surface area contributed by atoms with E-state index in [0.29, 0.717) is 10.1 Å². The van der Waals surface area contributed by atoms with E-state index in [1.165, 1.54) is 0 Å². The van der Waals surface area contributed by atoms with Gasteiger partial charge in [0.15, 0.2) is 4.33 Å². The highest BCUT2D eigenvalue weighted by Gasteiger charge is 2.34. The Kier molecular flexibility index (Phi) is 2.02. The van der Waals surface area contributed by atoms with E-state index < -0.39 is 4.33 Å². The first-order valence-corrected chi connectivity index (χ1v) is 3.68. The highest BCUT2D eigenvalue weighted by atomic mass is 35.5. The SMILES string of the molecule is ClC1=CC=C(Cl)C1(Cl)Cl. The fourth-order valence-corrected chi connectivity index (χ4v) is 1.10. The van der Waals surface area contributed by atoms with Crippen molar-refractivity contribution >= 4 is 46.4 Å². The maximum absolute atomic E-state index is 5.63. The highest BCUT2D eigenvalue weighted by molar-refractivity contribution is 6.62. The van der Waals surface area contributed by atoms with Crippen LogP contribution >= 0.6 is 46.4 Å². The largest absolute Gasteiger partial charge is 0.188 e. The maximum atomic E-state index is 5.63. The molecule has 0 heterocycles. The van der Waals surface area contributed by atoms with E-state index >= 15 is 0 Å². The predicted molar refractivity (Wildman–Crippen MR) is 42.3 cm³/mol. The van der Waals surface area contributed by atoms with Crippen LogP contribution in [0.1, 0.15) is 0 Å². The predicted octanol–water partition coefficient (Wildman–Crippen LogP) is 3.42. The molecule has 0 saturated carbocycles. The number of hydrogen-bond donors (Lipinski definition) is 0. The van der Waals surface area contributed by atoms with Gasteiger partial charge >= 0.3 is 0 Å². The molecule has 4 heteroatoms. The fraction of sp³-hybridized carbons (Fsp3) is 0.200. The quantitative estimate of drug-likeness (QED) is 0.530. The van der Waals surface area contributed by atoms with Crippen molar-refractivity contribution in [3.63, 3.8) is 0 Å². The van der Waals surface area contributed by atoms with Gasteiger partial charge < -0.3 is 0 Å². The minimum atomic E-state index is -1.19. The number of alkyl halides is 2. The molecule has 1 aliphatic carbocycles. The molecule has 0 spiro atoms. The molecule has 0 radical (unpaired) electrons. The Labute approximate surface area is 73.0 Å². The minimum absolute atomic E-state index is 0.343. The van der Waals surface area contributed by atoms with Crippen molar-refractivity contribution < 1.29 is 0 Å². The lowest BCUT2D eigenvalue weighted by Crippen LogP contribution is -2.08. The van der Waals surface area contributed by atoms with Crippen LogP contribution in [0.3, 0.4) is 0 Å². The first-order valence-electron chi connectivity index (χ1n) is 2.17. The normalized spacial score (nSPS) is 23.6. The van der Waals surface area contributed by atoms with Crippen LogP contribution in [-0.2, 0) is 0 Å². The smallest absolute Gasteiger partial charge is 0.0889 e. The van der Waals surface area contributed by atoms with Crippen molar-refractivity contribution in [3.8, 4) is 0 Å². The zero-order chi connectivity index (χ0) is 7.07. The third-order valence-electron chi connectivity index (χ3n) is 0.976. The van der Waals surface area contributed by atoms with Gasteiger partial charge in [0.05, 0.1) is 10.1 Å². The van der Waals surface area contributed by atoms with Gasteiger partial charge in [0.25, 0.3) is 0 Å². The second kappa shape index (κ2) is 2.35. The Hall–Kier alpha value is 0.640. The molecule has 0 N–H and O–H groups in total. The molecule has 0 aromatic rings. The van der Waals surface area contributed by atoms with Crippen LogP contribution in [0.4, 0.5) is 0 Å². The Bertz CT molecular complexity index is 169. The molecule has 1 aliphatic rings. The molecule has 0 aliphatic heterocycles. The summed E-state index contributed by atoms with van der Waals surface area (Å²) in [6.07, 6.45) is 3.15. The molecule has 50 valence electrons. The first-order chi connectivity index (χ1) is 4.05. The number of rotatable bonds is 0. The molecule has 0 bridgehead atoms. The van der Waals surface area contributed by atoms with Crippen molar-refractivity contribution in [2.24, 2.45) is 0 Å². The number of halogens is 4. The van der Waals surface area contributed by atoms with Crippen LogP contribution in [0.15, 0.2) is 22.2 Å². The van der Waals surface area contributed by atoms with Crippen LogP contribution in [0.25, 0.3) is 0 Å². The highest BCUT2D eigenvalue weighted by Crippen LogP contribution is 2.45. The molecule has 0 saturated heterocycles. The summed E-state index contributed by atoms with van der Waals surface area (Å²) in [6, 6.07) is 0. The third kappa shape index (κ3) is 1.22. The van der Waals surface area contributed by atoms with Crippen LogP contribution < -0.4 is 0 Å². The van der Waals surface area contributed by atoms with Gasteiger partial charge in [-0.05, 0) is 12.2 Å². The first kappa shape index (κ1) is 7.74. The lowest BCUT2D eigenvalue weighted by Gasteiger charge is -2.11. The summed E-state index contributed by atoms with van der Waals surface area (Å²) < 4.78 is -1.19. The van der Waals surface area contributed by atoms with Gasteiger partial charge in [-0.2, -0.15) is 0 Å². The summed E-state index contributed by atoms with van der Waals surface area (Å²) in [5, 5.41) is 0.687. The molecule has 0 aromatic carbocycles. The van der Waals surface area contributed by atoms with E-state index in [2.05, 4.69) is 0 Å². The van der Waals surface area contributed by atoms with Crippen LogP contribution in [-0.4, -0.2) is 4.33 Å². The van der Waals surface area contributed by atoms with Gasteiger partial charge in [0.2, 0.25) is 0 Å². The number of allylic oxidation sites excluding steroid dienone is 4. The zero-order valence-electron chi connectivity index (χ0n) is 4.17. The fourth-order valence-electron chi connectivity index (χ4n) is 0.470. The van der Waals surface area contributed by atoms with Crippen molar-refractivity contribution in [1.82, 2.24) is 0 Å². The molecular formula is C5H2Cl4. The third-order valence-corrected chi connectivity index (χ3v) is 3.00. The molecule has 0 atom stereocenters. The standard InChI is InChI=1S/C5H2Cl4/c6-3-1-2-4(7)5(3,8)9/h1-2H. The van der Waals surface area contributed by atoms with Gasteiger partial charge in [0.1, 0.15) is 0 Å². The molecule has 0 nitrogen and oxygen atoms in total. The molecule has 0 unspecified atom stereocenters. The van der Waals surface area contributed by atoms with E-state index in [9.17, 15) is 0 Å². The van der Waals surface area contributed by atoms with Crippen LogP contribution in [0, 0.1) is 0 Å². The summed E-state index contributed by atoms with van der Waals surface area (Å²) in [6.45, 7) is 0. The lowest BCUT2D eigenvalue weighted by atomic mass is 10.4. The van der Waals surface area contributed by atoms with E-state index in [-0.39, 0.29) is 0 Å². The van der Waals surface area contributed by atoms with Crippen molar-refractivity contribution in [2.45, 2.75) is 4.33 Å². The molecule has 1 rings (SSSR count). The molecule has 0 fully saturated rings. The molecule has 9 heavy (non-hydrogen) atoms. The average molecular weight is 204 g/mol. The van der Waals surface area contributed by atoms with Crippen LogP contribution in [0.2, 0.25) is 0 Å². The summed E-state index contributed by atoms with van der Waals surface area (Å²) in [4.78, 5) is 0. The Morgan fingerprint density at radius 2 is 1.33 bits per heavy atom. The second-order valence-corrected chi connectivity index (χ2v) is 3.75. The van der Waals surface area contributed by atoms with E-state index in [4.69, 9.17) is 46.4 Å². The Balaban J connectivity index is 2.96. The van der Waals surface area contributed by atoms with Gasteiger partial charge in [-0.1, -0.05) is 46.4 Å². The van der Waals surface area contributed by atoms with Gasteiger partial charge in [-0.25, -0.2) is 0 Å². The summed E-state index contributed by atoms with van der Waals surface area (Å²) >= 11 is 22.4. The van der Waals surface area contributed by atoms with Gasteiger partial charge in [-0.15, -0.1) is 0 Å². The number of hydrogen-bond acceptors (Lipinski definition) is 0. The van der Waals surface area contributed by atoms with Crippen molar-refractivity contribution in [2.75, 3.05) is 0 Å². The zero-order valence-corrected chi connectivity index (χ0v) is 7.19. The Morgan fingerprint density at radius 3 is 1.44 bits per heavy atom. The van der Waals surface area contributed by atoms with Crippen LogP contribution in [0.5, 0.6) is 0 Å². The molecular weight excluding hydrogens is 202 g/mol. The summed E-state index contributed by atoms with van der Waals surface area (Å²) in [7, 11) is 0. The maximum Gasteiger partial charge on any atom is 0.188 e. The molecule has 0 amide bonds. The van der Waals surface area contributed by atoms with Crippen molar-refractivity contribution in [1.29, 1.82) is 0 Å². The van der Waals surface area contributed by atoms with E-state index in [1.54, 1.807) is 12.2 Å². The van der Waals surface area contributed by atoms with E-state index in [1.807, 2.05) is 0 Å². The topological polar surface area (TPSA) is 0 Å². The van der Waals surface area contributed by atoms with Gasteiger partial charge in [0, 0.05) is 0 Å². The van der Waals surface area contributed by atoms with Crippen molar-refractivity contribution in [3.05, 3.63) is 22.2 Å². The molecule has 0 aromatic heterocycles. The minimum Gasteiger partial charge on any atom is -0.0889 e. The summed E-state index contributed by atoms with van der Waals surface area (Å²) in [5.74, 6) is 0. The summed E-state index contributed by atoms with van der Waals surface area (Å²) in [5.41, 5.74) is 0. The van der Waals surface area contributed by atoms with E-state index in [0.717, 1.165) is 0 Å². The Morgan fingerprint density at radius 1 is 1.00 bits per heavy atom.